The standard InChI is InChI=1S/C19H21NOS/c21-10-12-22-11-9-20-14-19-17-7-3-1-5-15(17)13-16-6-2-4-8-18(16)19/h1-8,13,20-21H,9-12,14H2. The monoisotopic (exact) mass is 311 g/mol. The SMILES string of the molecule is OCCSCCNCc1c2ccccc2cc2ccccc12. The van der Waals surface area contributed by atoms with Crippen molar-refractivity contribution in [2.75, 3.05) is 24.7 Å². The summed E-state index contributed by atoms with van der Waals surface area (Å²) >= 11 is 1.78. The highest BCUT2D eigenvalue weighted by atomic mass is 32.2. The fourth-order valence-electron chi connectivity index (χ4n) is 2.82. The topological polar surface area (TPSA) is 32.3 Å². The van der Waals surface area contributed by atoms with E-state index in [4.69, 9.17) is 5.11 Å². The summed E-state index contributed by atoms with van der Waals surface area (Å²) in [5, 5.41) is 17.6. The minimum atomic E-state index is 0.263. The molecule has 0 heterocycles. The first-order valence-electron chi connectivity index (χ1n) is 7.69. The summed E-state index contributed by atoms with van der Waals surface area (Å²) in [5.41, 5.74) is 1.38. The molecule has 0 saturated heterocycles. The second-order valence-electron chi connectivity index (χ2n) is 5.31. The van der Waals surface area contributed by atoms with Crippen LogP contribution in [-0.2, 0) is 6.54 Å². The lowest BCUT2D eigenvalue weighted by Gasteiger charge is -2.12. The third kappa shape index (κ3) is 3.43. The van der Waals surface area contributed by atoms with Crippen LogP contribution in [0, 0.1) is 0 Å². The average molecular weight is 311 g/mol. The number of aliphatic hydroxyl groups is 1. The van der Waals surface area contributed by atoms with Gasteiger partial charge in [-0.15, -0.1) is 0 Å². The molecule has 3 aromatic rings. The Morgan fingerprint density at radius 3 is 2.14 bits per heavy atom. The minimum Gasteiger partial charge on any atom is -0.396 e. The van der Waals surface area contributed by atoms with Crippen LogP contribution in [0.15, 0.2) is 54.6 Å². The Hall–Kier alpha value is -1.55. The van der Waals surface area contributed by atoms with E-state index >= 15 is 0 Å². The van der Waals surface area contributed by atoms with E-state index in [-0.39, 0.29) is 6.61 Å². The van der Waals surface area contributed by atoms with E-state index in [9.17, 15) is 0 Å². The van der Waals surface area contributed by atoms with Gasteiger partial charge >= 0.3 is 0 Å². The van der Waals surface area contributed by atoms with E-state index in [1.807, 2.05) is 0 Å². The molecule has 0 saturated carbocycles. The van der Waals surface area contributed by atoms with E-state index in [2.05, 4.69) is 59.9 Å². The van der Waals surface area contributed by atoms with Gasteiger partial charge in [-0.1, -0.05) is 48.5 Å². The molecule has 114 valence electrons. The summed E-state index contributed by atoms with van der Waals surface area (Å²) in [7, 11) is 0. The molecule has 0 fully saturated rings. The third-order valence-corrected chi connectivity index (χ3v) is 4.81. The molecule has 3 rings (SSSR count). The molecule has 0 aromatic heterocycles. The van der Waals surface area contributed by atoms with Crippen molar-refractivity contribution in [2.24, 2.45) is 0 Å². The van der Waals surface area contributed by atoms with Crippen molar-refractivity contribution < 1.29 is 5.11 Å². The molecule has 0 aliphatic rings. The average Bonchev–Trinajstić information content (AvgIpc) is 2.57. The molecule has 0 bridgehead atoms. The van der Waals surface area contributed by atoms with Crippen molar-refractivity contribution in [1.82, 2.24) is 5.32 Å². The molecule has 0 amide bonds. The predicted molar refractivity (Wildman–Crippen MR) is 97.6 cm³/mol. The van der Waals surface area contributed by atoms with Crippen LogP contribution < -0.4 is 5.32 Å². The van der Waals surface area contributed by atoms with Crippen molar-refractivity contribution in [1.29, 1.82) is 0 Å². The van der Waals surface area contributed by atoms with E-state index in [0.29, 0.717) is 0 Å². The Balaban J connectivity index is 1.85. The number of fused-ring (bicyclic) bond motifs is 2. The highest BCUT2D eigenvalue weighted by Gasteiger charge is 2.06. The van der Waals surface area contributed by atoms with Crippen LogP contribution in [-0.4, -0.2) is 29.8 Å². The molecular formula is C19H21NOS. The van der Waals surface area contributed by atoms with Gasteiger partial charge in [0.25, 0.3) is 0 Å². The Bertz CT molecular complexity index is 703. The Labute approximate surface area is 135 Å². The molecule has 2 N–H and O–H groups in total. The summed E-state index contributed by atoms with van der Waals surface area (Å²) in [4.78, 5) is 0. The number of nitrogens with one attached hydrogen (secondary N) is 1. The maximum Gasteiger partial charge on any atom is 0.0521 e. The zero-order chi connectivity index (χ0) is 15.2. The van der Waals surface area contributed by atoms with Crippen LogP contribution in [0.1, 0.15) is 5.56 Å². The number of aliphatic hydroxyl groups excluding tert-OH is 1. The molecule has 0 spiro atoms. The summed E-state index contributed by atoms with van der Waals surface area (Å²) < 4.78 is 0. The first-order valence-corrected chi connectivity index (χ1v) is 8.84. The molecule has 0 atom stereocenters. The van der Waals surface area contributed by atoms with Gasteiger partial charge in [0.1, 0.15) is 0 Å². The van der Waals surface area contributed by atoms with Gasteiger partial charge in [0.2, 0.25) is 0 Å². The molecule has 0 aliphatic carbocycles. The van der Waals surface area contributed by atoms with Gasteiger partial charge in [-0.05, 0) is 33.2 Å². The third-order valence-electron chi connectivity index (χ3n) is 3.84. The number of thioether (sulfide) groups is 1. The van der Waals surface area contributed by atoms with Gasteiger partial charge in [-0.2, -0.15) is 11.8 Å². The van der Waals surface area contributed by atoms with Crippen molar-refractivity contribution in [3.05, 3.63) is 60.2 Å². The molecule has 2 nitrogen and oxygen atoms in total. The normalized spacial score (nSPS) is 11.3. The highest BCUT2D eigenvalue weighted by Crippen LogP contribution is 2.28. The van der Waals surface area contributed by atoms with E-state index in [0.717, 1.165) is 24.6 Å². The smallest absolute Gasteiger partial charge is 0.0521 e. The number of hydrogen-bond donors (Lipinski definition) is 2. The fourth-order valence-corrected chi connectivity index (χ4v) is 3.44. The van der Waals surface area contributed by atoms with Gasteiger partial charge in [0.05, 0.1) is 6.61 Å². The van der Waals surface area contributed by atoms with E-state index in [1.165, 1.54) is 27.1 Å². The lowest BCUT2D eigenvalue weighted by molar-refractivity contribution is 0.322. The molecule has 0 unspecified atom stereocenters. The first-order chi connectivity index (χ1) is 10.9. The number of benzene rings is 3. The van der Waals surface area contributed by atoms with Gasteiger partial charge in [-0.25, -0.2) is 0 Å². The van der Waals surface area contributed by atoms with Gasteiger partial charge in [0, 0.05) is 24.6 Å². The van der Waals surface area contributed by atoms with Crippen molar-refractivity contribution in [3.63, 3.8) is 0 Å². The molecule has 0 aliphatic heterocycles. The van der Waals surface area contributed by atoms with Gasteiger partial charge in [-0.3, -0.25) is 0 Å². The van der Waals surface area contributed by atoms with Gasteiger partial charge < -0.3 is 10.4 Å². The van der Waals surface area contributed by atoms with Crippen molar-refractivity contribution in [2.45, 2.75) is 6.54 Å². The quantitative estimate of drug-likeness (QED) is 0.514. The molecule has 0 radical (unpaired) electrons. The summed E-state index contributed by atoms with van der Waals surface area (Å²) in [6, 6.07) is 19.5. The zero-order valence-corrected chi connectivity index (χ0v) is 13.4. The highest BCUT2D eigenvalue weighted by molar-refractivity contribution is 7.99. The van der Waals surface area contributed by atoms with Crippen LogP contribution >= 0.6 is 11.8 Å². The summed E-state index contributed by atoms with van der Waals surface area (Å²) in [6.07, 6.45) is 0. The van der Waals surface area contributed by atoms with E-state index in [1.54, 1.807) is 11.8 Å². The zero-order valence-electron chi connectivity index (χ0n) is 12.6. The Morgan fingerprint density at radius 2 is 1.50 bits per heavy atom. The van der Waals surface area contributed by atoms with Crippen LogP contribution in [0.2, 0.25) is 0 Å². The van der Waals surface area contributed by atoms with Crippen LogP contribution in [0.3, 0.4) is 0 Å². The maximum absolute atomic E-state index is 8.80. The second kappa shape index (κ2) is 7.63. The Morgan fingerprint density at radius 1 is 0.864 bits per heavy atom. The van der Waals surface area contributed by atoms with Crippen molar-refractivity contribution in [3.8, 4) is 0 Å². The molecule has 3 heteroatoms. The first kappa shape index (κ1) is 15.3. The minimum absolute atomic E-state index is 0.263. The van der Waals surface area contributed by atoms with Gasteiger partial charge in [0.15, 0.2) is 0 Å². The molecule has 3 aromatic carbocycles. The molecule has 22 heavy (non-hydrogen) atoms. The lowest BCUT2D eigenvalue weighted by atomic mass is 9.97. The van der Waals surface area contributed by atoms with Crippen LogP contribution in [0.5, 0.6) is 0 Å². The second-order valence-corrected chi connectivity index (χ2v) is 6.53. The fraction of sp³-hybridized carbons (Fsp3) is 0.263. The predicted octanol–water partition coefficient (Wildman–Crippen LogP) is 3.81. The summed E-state index contributed by atoms with van der Waals surface area (Å²) in [6.45, 7) is 2.10. The number of rotatable bonds is 7. The van der Waals surface area contributed by atoms with Crippen LogP contribution in [0.25, 0.3) is 21.5 Å². The summed E-state index contributed by atoms with van der Waals surface area (Å²) in [5.74, 6) is 1.85. The maximum atomic E-state index is 8.80. The van der Waals surface area contributed by atoms with Crippen molar-refractivity contribution >= 4 is 33.3 Å². The Kier molecular flexibility index (Phi) is 5.33. The number of hydrogen-bond acceptors (Lipinski definition) is 3. The van der Waals surface area contributed by atoms with E-state index < -0.39 is 0 Å². The molecular weight excluding hydrogens is 290 g/mol. The largest absolute Gasteiger partial charge is 0.396 e. The van der Waals surface area contributed by atoms with Crippen LogP contribution in [0.4, 0.5) is 0 Å². The lowest BCUT2D eigenvalue weighted by Crippen LogP contribution is -2.17.